The Balaban J connectivity index is 1.68. The van der Waals surface area contributed by atoms with E-state index < -0.39 is 5.82 Å². The van der Waals surface area contributed by atoms with Gasteiger partial charge in [-0.15, -0.1) is 0 Å². The van der Waals surface area contributed by atoms with E-state index >= 15 is 0 Å². The van der Waals surface area contributed by atoms with E-state index in [9.17, 15) is 9.18 Å². The van der Waals surface area contributed by atoms with Gasteiger partial charge in [-0.05, 0) is 25.1 Å². The minimum Gasteiger partial charge on any atom is -0.324 e. The number of hydrogen-bond donors (Lipinski definition) is 2. The van der Waals surface area contributed by atoms with Crippen LogP contribution in [0.3, 0.4) is 0 Å². The van der Waals surface area contributed by atoms with Gasteiger partial charge < -0.3 is 15.5 Å². The third kappa shape index (κ3) is 4.61. The zero-order valence-corrected chi connectivity index (χ0v) is 11.0. The molecule has 0 aromatic heterocycles. The summed E-state index contributed by atoms with van der Waals surface area (Å²) >= 11 is 0. The average molecular weight is 265 g/mol. The van der Waals surface area contributed by atoms with E-state index in [2.05, 4.69) is 15.5 Å². The molecule has 0 atom stereocenters. The fraction of sp³-hybridized carbons (Fsp3) is 0.500. The lowest BCUT2D eigenvalue weighted by Gasteiger charge is -2.26. The first kappa shape index (κ1) is 14.0. The standard InChI is InChI=1S/C14H20FN3O/c15-12-4-1-2-5-13(12)17-14(19)6-3-9-18-10-7-16-8-11-18/h1-2,4-5,16H,3,6-11H2,(H,17,19). The van der Waals surface area contributed by atoms with Crippen molar-refractivity contribution < 1.29 is 9.18 Å². The van der Waals surface area contributed by atoms with Crippen molar-refractivity contribution in [3.8, 4) is 0 Å². The van der Waals surface area contributed by atoms with Crippen LogP contribution in [0, 0.1) is 5.82 Å². The molecule has 1 aromatic carbocycles. The van der Waals surface area contributed by atoms with E-state index in [1.165, 1.54) is 6.07 Å². The molecule has 4 nitrogen and oxygen atoms in total. The molecule has 2 N–H and O–H groups in total. The molecule has 1 fully saturated rings. The van der Waals surface area contributed by atoms with E-state index in [-0.39, 0.29) is 11.6 Å². The maximum atomic E-state index is 13.3. The fourth-order valence-electron chi connectivity index (χ4n) is 2.17. The molecule has 104 valence electrons. The van der Waals surface area contributed by atoms with Crippen LogP contribution in [0.4, 0.5) is 10.1 Å². The Kier molecular flexibility index (Phi) is 5.30. The van der Waals surface area contributed by atoms with Crippen molar-refractivity contribution >= 4 is 11.6 Å². The first-order valence-electron chi connectivity index (χ1n) is 6.73. The molecule has 1 saturated heterocycles. The van der Waals surface area contributed by atoms with Crippen LogP contribution >= 0.6 is 0 Å². The molecule has 5 heteroatoms. The molecule has 1 aliphatic heterocycles. The number of anilines is 1. The largest absolute Gasteiger partial charge is 0.324 e. The number of piperazine rings is 1. The molecule has 1 aliphatic rings. The summed E-state index contributed by atoms with van der Waals surface area (Å²) in [5, 5.41) is 5.89. The average Bonchev–Trinajstić information content (AvgIpc) is 2.43. The van der Waals surface area contributed by atoms with Crippen LogP contribution in [-0.2, 0) is 4.79 Å². The maximum Gasteiger partial charge on any atom is 0.224 e. The third-order valence-corrected chi connectivity index (χ3v) is 3.24. The van der Waals surface area contributed by atoms with Crippen LogP contribution in [0.5, 0.6) is 0 Å². The molecular weight excluding hydrogens is 245 g/mol. The van der Waals surface area contributed by atoms with Gasteiger partial charge in [-0.1, -0.05) is 12.1 Å². The first-order chi connectivity index (χ1) is 9.25. The second-order valence-electron chi connectivity index (χ2n) is 4.72. The summed E-state index contributed by atoms with van der Waals surface area (Å²) in [6.07, 6.45) is 1.23. The molecular formula is C14H20FN3O. The molecule has 0 bridgehead atoms. The number of benzene rings is 1. The summed E-state index contributed by atoms with van der Waals surface area (Å²) < 4.78 is 13.3. The zero-order chi connectivity index (χ0) is 13.5. The van der Waals surface area contributed by atoms with Gasteiger partial charge >= 0.3 is 0 Å². The molecule has 0 aliphatic carbocycles. The molecule has 1 amide bonds. The number of nitrogens with one attached hydrogen (secondary N) is 2. The molecule has 0 spiro atoms. The van der Waals surface area contributed by atoms with Crippen molar-refractivity contribution in [3.05, 3.63) is 30.1 Å². The van der Waals surface area contributed by atoms with E-state index in [1.54, 1.807) is 18.2 Å². The van der Waals surface area contributed by atoms with Crippen molar-refractivity contribution in [2.24, 2.45) is 0 Å². The lowest BCUT2D eigenvalue weighted by molar-refractivity contribution is -0.116. The van der Waals surface area contributed by atoms with Crippen LogP contribution in [0.2, 0.25) is 0 Å². The summed E-state index contributed by atoms with van der Waals surface area (Å²) in [6, 6.07) is 6.23. The molecule has 2 rings (SSSR count). The van der Waals surface area contributed by atoms with Crippen LogP contribution < -0.4 is 10.6 Å². The number of amides is 1. The Morgan fingerprint density at radius 2 is 2.05 bits per heavy atom. The van der Waals surface area contributed by atoms with E-state index in [1.807, 2.05) is 0 Å². The lowest BCUT2D eigenvalue weighted by Crippen LogP contribution is -2.43. The fourth-order valence-corrected chi connectivity index (χ4v) is 2.17. The molecule has 1 heterocycles. The van der Waals surface area contributed by atoms with Gasteiger partial charge in [0.05, 0.1) is 5.69 Å². The van der Waals surface area contributed by atoms with Gasteiger partial charge in [0.25, 0.3) is 0 Å². The summed E-state index contributed by atoms with van der Waals surface area (Å²) in [4.78, 5) is 14.0. The van der Waals surface area contributed by atoms with Crippen molar-refractivity contribution in [1.82, 2.24) is 10.2 Å². The predicted octanol–water partition coefficient (Wildman–Crippen LogP) is 1.45. The Morgan fingerprint density at radius 1 is 1.32 bits per heavy atom. The quantitative estimate of drug-likeness (QED) is 0.847. The van der Waals surface area contributed by atoms with Crippen LogP contribution in [0.15, 0.2) is 24.3 Å². The Hall–Kier alpha value is -1.46. The smallest absolute Gasteiger partial charge is 0.224 e. The zero-order valence-electron chi connectivity index (χ0n) is 11.0. The van der Waals surface area contributed by atoms with Crippen LogP contribution in [-0.4, -0.2) is 43.5 Å². The monoisotopic (exact) mass is 265 g/mol. The summed E-state index contributed by atoms with van der Waals surface area (Å²) in [7, 11) is 0. The van der Waals surface area contributed by atoms with E-state index in [0.29, 0.717) is 6.42 Å². The van der Waals surface area contributed by atoms with Gasteiger partial charge in [-0.25, -0.2) is 4.39 Å². The topological polar surface area (TPSA) is 44.4 Å². The van der Waals surface area contributed by atoms with Crippen molar-refractivity contribution in [1.29, 1.82) is 0 Å². The number of rotatable bonds is 5. The van der Waals surface area contributed by atoms with Gasteiger partial charge in [0.1, 0.15) is 5.82 Å². The maximum absolute atomic E-state index is 13.3. The van der Waals surface area contributed by atoms with Gasteiger partial charge in [-0.2, -0.15) is 0 Å². The molecule has 0 saturated carbocycles. The highest BCUT2D eigenvalue weighted by atomic mass is 19.1. The van der Waals surface area contributed by atoms with Crippen LogP contribution in [0.1, 0.15) is 12.8 Å². The summed E-state index contributed by atoms with van der Waals surface area (Å²) in [5.74, 6) is -0.516. The first-order valence-corrected chi connectivity index (χ1v) is 6.73. The molecule has 0 radical (unpaired) electrons. The Bertz CT molecular complexity index is 419. The number of carbonyl (C=O) groups excluding carboxylic acids is 1. The number of para-hydroxylation sites is 1. The van der Waals surface area contributed by atoms with Crippen molar-refractivity contribution in [2.45, 2.75) is 12.8 Å². The highest BCUT2D eigenvalue weighted by Crippen LogP contribution is 2.12. The van der Waals surface area contributed by atoms with Crippen LogP contribution in [0.25, 0.3) is 0 Å². The van der Waals surface area contributed by atoms with Gasteiger partial charge in [-0.3, -0.25) is 4.79 Å². The molecule has 19 heavy (non-hydrogen) atoms. The number of halogens is 1. The summed E-state index contributed by atoms with van der Waals surface area (Å²) in [5.41, 5.74) is 0.259. The number of nitrogens with zero attached hydrogens (tertiary/aromatic N) is 1. The SMILES string of the molecule is O=C(CCCN1CCNCC1)Nc1ccccc1F. The summed E-state index contributed by atoms with van der Waals surface area (Å²) in [6.45, 7) is 5.03. The van der Waals surface area contributed by atoms with Gasteiger partial charge in [0.2, 0.25) is 5.91 Å². The Labute approximate surface area is 113 Å². The highest BCUT2D eigenvalue weighted by Gasteiger charge is 2.10. The van der Waals surface area contributed by atoms with Crippen molar-refractivity contribution in [3.63, 3.8) is 0 Å². The minimum absolute atomic E-state index is 0.125. The minimum atomic E-state index is -0.391. The lowest BCUT2D eigenvalue weighted by atomic mass is 10.2. The highest BCUT2D eigenvalue weighted by molar-refractivity contribution is 5.90. The number of hydrogen-bond acceptors (Lipinski definition) is 3. The van der Waals surface area contributed by atoms with Gasteiger partial charge in [0.15, 0.2) is 0 Å². The molecule has 0 unspecified atom stereocenters. The van der Waals surface area contributed by atoms with E-state index in [0.717, 1.165) is 39.1 Å². The second-order valence-corrected chi connectivity index (χ2v) is 4.72. The molecule has 1 aromatic rings. The Morgan fingerprint density at radius 3 is 2.79 bits per heavy atom. The third-order valence-electron chi connectivity index (χ3n) is 3.24. The van der Waals surface area contributed by atoms with E-state index in [4.69, 9.17) is 0 Å². The number of carbonyl (C=O) groups is 1. The predicted molar refractivity (Wildman–Crippen MR) is 73.6 cm³/mol. The van der Waals surface area contributed by atoms with Gasteiger partial charge in [0, 0.05) is 32.6 Å². The second kappa shape index (κ2) is 7.21. The van der Waals surface area contributed by atoms with Crippen molar-refractivity contribution in [2.75, 3.05) is 38.0 Å². The normalized spacial score (nSPS) is 16.3.